The van der Waals surface area contributed by atoms with Gasteiger partial charge in [0, 0.05) is 6.92 Å². The van der Waals surface area contributed by atoms with Crippen LogP contribution in [0.3, 0.4) is 0 Å². The molecule has 2 saturated heterocycles. The van der Waals surface area contributed by atoms with Crippen LogP contribution in [-0.4, -0.2) is 129 Å². The molecule has 15 unspecified atom stereocenters. The number of carbonyl (C=O) groups excluding carboxylic acids is 1. The molecule has 4 aliphatic rings. The minimum Gasteiger partial charge on any atom is -0.463 e. The van der Waals surface area contributed by atoms with E-state index >= 15 is 0 Å². The molecule has 2 aliphatic heterocycles. The molecule has 42 heavy (non-hydrogen) atoms. The van der Waals surface area contributed by atoms with Crippen molar-refractivity contribution in [3.63, 3.8) is 0 Å². The van der Waals surface area contributed by atoms with E-state index in [1.807, 2.05) is 6.92 Å². The maximum absolute atomic E-state index is 11.2. The van der Waals surface area contributed by atoms with E-state index in [-0.39, 0.29) is 29.5 Å². The maximum Gasteiger partial charge on any atom is 0.302 e. The Morgan fingerprint density at radius 3 is 2.21 bits per heavy atom. The van der Waals surface area contributed by atoms with E-state index in [0.717, 1.165) is 45.4 Å². The standard InChI is InChI=1S/C29H50O13/c1-14(6-5-8-28(3)16-7-9-29(28,4)19(32)10-16)12-39-27-25(23(36)20(33)17(11-30)40-27)42-26-24(37)22(35)21(34)18(41-26)13-38-15(2)31/h14,16-27,30,32-37H,5-13H2,1-4H3. The molecule has 0 aromatic heterocycles. The molecule has 15 atom stereocenters. The van der Waals surface area contributed by atoms with Crippen LogP contribution in [0.25, 0.3) is 0 Å². The molecule has 2 saturated carbocycles. The SMILES string of the molecule is CC(=O)OCC1OC(OC2C(OCC(C)CCCC3(C)C4CCC3(C)C(O)C4)OC(CO)C(O)C2O)C(O)C(O)C1O. The Bertz CT molecular complexity index is 907. The van der Waals surface area contributed by atoms with E-state index in [2.05, 4.69) is 13.8 Å². The Balaban J connectivity index is 1.36. The van der Waals surface area contributed by atoms with Gasteiger partial charge in [-0.05, 0) is 54.8 Å². The molecule has 4 fully saturated rings. The van der Waals surface area contributed by atoms with Crippen molar-refractivity contribution in [2.45, 2.75) is 134 Å². The summed E-state index contributed by atoms with van der Waals surface area (Å²) in [6.45, 7) is 6.88. The Hall–Kier alpha value is -0.970. The molecule has 13 nitrogen and oxygen atoms in total. The Morgan fingerprint density at radius 2 is 1.62 bits per heavy atom. The van der Waals surface area contributed by atoms with Gasteiger partial charge in [-0.1, -0.05) is 27.2 Å². The van der Waals surface area contributed by atoms with E-state index < -0.39 is 80.6 Å². The van der Waals surface area contributed by atoms with Crippen LogP contribution in [0, 0.1) is 22.7 Å². The molecule has 244 valence electrons. The maximum atomic E-state index is 11.2. The summed E-state index contributed by atoms with van der Waals surface area (Å²) < 4.78 is 27.9. The Morgan fingerprint density at radius 1 is 0.952 bits per heavy atom. The largest absolute Gasteiger partial charge is 0.463 e. The van der Waals surface area contributed by atoms with Crippen LogP contribution in [0.5, 0.6) is 0 Å². The minimum absolute atomic E-state index is 0.0548. The fourth-order valence-electron chi connectivity index (χ4n) is 7.51. The van der Waals surface area contributed by atoms with E-state index in [1.54, 1.807) is 0 Å². The van der Waals surface area contributed by atoms with E-state index in [9.17, 15) is 40.5 Å². The zero-order valence-corrected chi connectivity index (χ0v) is 24.9. The van der Waals surface area contributed by atoms with Crippen LogP contribution < -0.4 is 0 Å². The van der Waals surface area contributed by atoms with Crippen molar-refractivity contribution in [3.05, 3.63) is 0 Å². The highest BCUT2D eigenvalue weighted by Crippen LogP contribution is 2.67. The molecule has 0 amide bonds. The second kappa shape index (κ2) is 13.6. The van der Waals surface area contributed by atoms with Crippen LogP contribution in [0.15, 0.2) is 0 Å². The fraction of sp³-hybridized carbons (Fsp3) is 0.966. The smallest absolute Gasteiger partial charge is 0.302 e. The van der Waals surface area contributed by atoms with E-state index in [1.165, 1.54) is 0 Å². The van der Waals surface area contributed by atoms with Crippen LogP contribution in [0.1, 0.15) is 66.2 Å². The first kappa shape index (κ1) is 33.9. The molecular weight excluding hydrogens is 556 g/mol. The van der Waals surface area contributed by atoms with E-state index in [0.29, 0.717) is 5.92 Å². The lowest BCUT2D eigenvalue weighted by atomic mass is 9.66. The van der Waals surface area contributed by atoms with Gasteiger partial charge in [0.25, 0.3) is 0 Å². The second-order valence-electron chi connectivity index (χ2n) is 13.3. The van der Waals surface area contributed by atoms with Crippen molar-refractivity contribution in [1.82, 2.24) is 0 Å². The third-order valence-electron chi connectivity index (χ3n) is 10.6. The van der Waals surface area contributed by atoms with Gasteiger partial charge in [0.1, 0.15) is 55.4 Å². The number of fused-ring (bicyclic) bond motifs is 2. The molecule has 0 spiro atoms. The molecule has 7 N–H and O–H groups in total. The first-order chi connectivity index (χ1) is 19.7. The molecule has 2 heterocycles. The molecule has 2 aliphatic carbocycles. The van der Waals surface area contributed by atoms with Gasteiger partial charge in [0.05, 0.1) is 19.3 Å². The summed E-state index contributed by atoms with van der Waals surface area (Å²) in [6.07, 6.45) is -9.30. The van der Waals surface area contributed by atoms with Gasteiger partial charge < -0.3 is 59.4 Å². The molecule has 0 radical (unpaired) electrons. The molecule has 4 rings (SSSR count). The summed E-state index contributed by atoms with van der Waals surface area (Å²) in [4.78, 5) is 11.2. The van der Waals surface area contributed by atoms with Crippen molar-refractivity contribution >= 4 is 5.97 Å². The lowest BCUT2D eigenvalue weighted by Crippen LogP contribution is -2.64. The topological polar surface area (TPSA) is 205 Å². The van der Waals surface area contributed by atoms with Crippen LogP contribution in [-0.2, 0) is 28.5 Å². The summed E-state index contributed by atoms with van der Waals surface area (Å²) in [5.41, 5.74) is 0.0417. The second-order valence-corrected chi connectivity index (χ2v) is 13.3. The predicted octanol–water partition coefficient (Wildman–Crippen LogP) is -0.808. The number of carbonyl (C=O) groups is 1. The highest BCUT2D eigenvalue weighted by Gasteiger charge is 2.62. The van der Waals surface area contributed by atoms with Crippen LogP contribution in [0.2, 0.25) is 0 Å². The number of rotatable bonds is 12. The van der Waals surface area contributed by atoms with Gasteiger partial charge in [0.15, 0.2) is 12.6 Å². The summed E-state index contributed by atoms with van der Waals surface area (Å²) in [7, 11) is 0. The number of aliphatic hydroxyl groups excluding tert-OH is 7. The molecular formula is C29H50O13. The summed E-state index contributed by atoms with van der Waals surface area (Å²) in [5, 5.41) is 72.8. The number of aliphatic hydroxyl groups is 7. The lowest BCUT2D eigenvalue weighted by molar-refractivity contribution is -0.368. The van der Waals surface area contributed by atoms with Gasteiger partial charge in [-0.15, -0.1) is 0 Å². The number of hydrogen-bond donors (Lipinski definition) is 7. The normalized spacial score (nSPS) is 47.9. The van der Waals surface area contributed by atoms with Crippen LogP contribution >= 0.6 is 0 Å². The lowest BCUT2D eigenvalue weighted by Gasteiger charge is -2.46. The Kier molecular flexibility index (Phi) is 11.0. The highest BCUT2D eigenvalue weighted by atomic mass is 16.8. The van der Waals surface area contributed by atoms with Gasteiger partial charge in [-0.25, -0.2) is 0 Å². The molecule has 0 aromatic carbocycles. The summed E-state index contributed by atoms with van der Waals surface area (Å²) in [5.74, 6) is -0.0309. The average Bonchev–Trinajstić information content (AvgIpc) is 3.29. The third-order valence-corrected chi connectivity index (χ3v) is 10.6. The molecule has 2 bridgehead atoms. The zero-order valence-electron chi connectivity index (χ0n) is 24.9. The minimum atomic E-state index is -1.75. The van der Waals surface area contributed by atoms with Crippen LogP contribution in [0.4, 0.5) is 0 Å². The quantitative estimate of drug-likeness (QED) is 0.136. The number of hydrogen-bond acceptors (Lipinski definition) is 13. The number of ether oxygens (including phenoxy) is 5. The van der Waals surface area contributed by atoms with Crippen molar-refractivity contribution < 1.29 is 64.2 Å². The van der Waals surface area contributed by atoms with E-state index in [4.69, 9.17) is 23.7 Å². The average molecular weight is 607 g/mol. The first-order valence-electron chi connectivity index (χ1n) is 15.1. The van der Waals surface area contributed by atoms with Gasteiger partial charge >= 0.3 is 5.97 Å². The summed E-state index contributed by atoms with van der Waals surface area (Å²) >= 11 is 0. The molecule has 0 aromatic rings. The first-order valence-corrected chi connectivity index (χ1v) is 15.1. The van der Waals surface area contributed by atoms with Crippen molar-refractivity contribution in [3.8, 4) is 0 Å². The number of esters is 1. The van der Waals surface area contributed by atoms with Gasteiger partial charge in [-0.3, -0.25) is 4.79 Å². The molecule has 13 heteroatoms. The third kappa shape index (κ3) is 6.52. The van der Waals surface area contributed by atoms with Crippen molar-refractivity contribution in [2.24, 2.45) is 22.7 Å². The van der Waals surface area contributed by atoms with Crippen molar-refractivity contribution in [2.75, 3.05) is 19.8 Å². The van der Waals surface area contributed by atoms with Crippen molar-refractivity contribution in [1.29, 1.82) is 0 Å². The zero-order chi connectivity index (χ0) is 31.0. The monoisotopic (exact) mass is 606 g/mol. The van der Waals surface area contributed by atoms with Gasteiger partial charge in [-0.2, -0.15) is 0 Å². The fourth-order valence-corrected chi connectivity index (χ4v) is 7.51. The Labute approximate surface area is 246 Å². The highest BCUT2D eigenvalue weighted by molar-refractivity contribution is 5.65. The summed E-state index contributed by atoms with van der Waals surface area (Å²) in [6, 6.07) is 0. The predicted molar refractivity (Wildman–Crippen MR) is 144 cm³/mol. The van der Waals surface area contributed by atoms with Gasteiger partial charge in [0.2, 0.25) is 0 Å².